The van der Waals surface area contributed by atoms with Crippen LogP contribution in [-0.4, -0.2) is 52.5 Å². The molecule has 0 fully saturated rings. The minimum atomic E-state index is -0.0544. The third kappa shape index (κ3) is 3.25. The highest BCUT2D eigenvalue weighted by Crippen LogP contribution is 2.37. The Bertz CT molecular complexity index is 1070. The van der Waals surface area contributed by atoms with Gasteiger partial charge in [-0.3, -0.25) is 4.79 Å². The molecule has 1 amide bonds. The number of ether oxygens (including phenoxy) is 2. The Morgan fingerprint density at radius 3 is 2.57 bits per heavy atom. The van der Waals surface area contributed by atoms with Crippen molar-refractivity contribution in [2.24, 2.45) is 4.99 Å². The minimum Gasteiger partial charge on any atom is -0.490 e. The lowest BCUT2D eigenvalue weighted by molar-refractivity contribution is -0.117. The van der Waals surface area contributed by atoms with Crippen molar-refractivity contribution in [2.45, 2.75) is 6.54 Å². The summed E-state index contributed by atoms with van der Waals surface area (Å²) in [5.41, 5.74) is 0. The van der Waals surface area contributed by atoms with Crippen LogP contribution in [0.3, 0.4) is 0 Å². The lowest BCUT2D eigenvalue weighted by Gasteiger charge is -2.13. The maximum absolute atomic E-state index is 11.2. The second-order valence-corrected chi connectivity index (χ2v) is 8.90. The number of aliphatic imine (C=N–C) groups is 1. The summed E-state index contributed by atoms with van der Waals surface area (Å²) < 4.78 is 14.1. The number of aromatic nitrogens is 2. The molecule has 0 atom stereocenters. The number of imidazole rings is 1. The van der Waals surface area contributed by atoms with Crippen LogP contribution in [0, 0.1) is 0 Å². The van der Waals surface area contributed by atoms with Crippen molar-refractivity contribution in [3.05, 3.63) is 38.6 Å². The van der Waals surface area contributed by atoms with E-state index in [0.29, 0.717) is 19.8 Å². The Morgan fingerprint density at radius 2 is 1.75 bits per heavy atom. The Balaban J connectivity index is 0.000000122. The van der Waals surface area contributed by atoms with Crippen molar-refractivity contribution in [2.75, 3.05) is 26.3 Å². The first kappa shape index (κ1) is 17.9. The number of hydrogen-bond acceptors (Lipinski definition) is 7. The quantitative estimate of drug-likeness (QED) is 0.494. The minimum absolute atomic E-state index is 0.0544. The number of halogens is 1. The first-order valence-corrected chi connectivity index (χ1v) is 11.2. The van der Waals surface area contributed by atoms with Gasteiger partial charge in [-0.25, -0.2) is 4.98 Å². The number of amidine groups is 1. The third-order valence-corrected chi connectivity index (χ3v) is 6.64. The zero-order chi connectivity index (χ0) is 19.1. The van der Waals surface area contributed by atoms with Crippen molar-refractivity contribution >= 4 is 50.3 Å². The topological polar surface area (TPSA) is 69.0 Å². The predicted molar refractivity (Wildman–Crippen MR) is 112 cm³/mol. The summed E-state index contributed by atoms with van der Waals surface area (Å²) in [6.45, 7) is 3.33. The van der Waals surface area contributed by atoms with E-state index in [-0.39, 0.29) is 5.91 Å². The van der Waals surface area contributed by atoms with E-state index in [1.165, 1.54) is 0 Å². The summed E-state index contributed by atoms with van der Waals surface area (Å²) in [6, 6.07) is 3.92. The van der Waals surface area contributed by atoms with Gasteiger partial charge in [-0.1, -0.05) is 0 Å². The molecule has 28 heavy (non-hydrogen) atoms. The molecule has 0 unspecified atom stereocenters. The molecule has 0 radical (unpaired) electrons. The molecule has 10 heteroatoms. The predicted octanol–water partition coefficient (Wildman–Crippen LogP) is 3.50. The Labute approximate surface area is 177 Å². The third-order valence-electron chi connectivity index (χ3n) is 4.48. The smallest absolute Gasteiger partial charge is 0.267 e. The van der Waals surface area contributed by atoms with E-state index in [1.807, 2.05) is 34.0 Å². The maximum atomic E-state index is 11.2. The molecule has 6 heterocycles. The van der Waals surface area contributed by atoms with Gasteiger partial charge in [-0.15, -0.1) is 22.7 Å². The van der Waals surface area contributed by atoms with Gasteiger partial charge in [0.15, 0.2) is 11.7 Å². The van der Waals surface area contributed by atoms with Crippen LogP contribution in [-0.2, 0) is 11.3 Å². The molecule has 0 N–H and O–H groups in total. The SMILES string of the molecule is Brc1cn2c(n1)-c1sccc1OCC2.O=C1CN2CCOc3ccsc3C2=N1. The van der Waals surface area contributed by atoms with Gasteiger partial charge in [0.2, 0.25) is 0 Å². The Morgan fingerprint density at radius 1 is 1.04 bits per heavy atom. The van der Waals surface area contributed by atoms with Crippen molar-refractivity contribution < 1.29 is 14.3 Å². The number of thiophene rings is 2. The number of carbonyl (C=O) groups excluding carboxylic acids is 1. The summed E-state index contributed by atoms with van der Waals surface area (Å²) in [6.07, 6.45) is 1.99. The molecule has 0 aromatic carbocycles. The van der Waals surface area contributed by atoms with E-state index < -0.39 is 0 Å². The molecule has 3 aliphatic heterocycles. The zero-order valence-electron chi connectivity index (χ0n) is 14.6. The summed E-state index contributed by atoms with van der Waals surface area (Å²) in [5, 5.41) is 3.99. The van der Waals surface area contributed by atoms with Crippen LogP contribution < -0.4 is 9.47 Å². The van der Waals surface area contributed by atoms with Crippen LogP contribution >= 0.6 is 38.6 Å². The van der Waals surface area contributed by atoms with Crippen molar-refractivity contribution in [3.63, 3.8) is 0 Å². The molecule has 0 spiro atoms. The van der Waals surface area contributed by atoms with Gasteiger partial charge in [-0.2, -0.15) is 4.99 Å². The van der Waals surface area contributed by atoms with E-state index >= 15 is 0 Å². The molecular formula is C18H15BrN4O3S2. The molecule has 0 saturated heterocycles. The molecule has 0 bridgehead atoms. The van der Waals surface area contributed by atoms with E-state index in [4.69, 9.17) is 9.47 Å². The summed E-state index contributed by atoms with van der Waals surface area (Å²) >= 11 is 6.62. The van der Waals surface area contributed by atoms with Gasteiger partial charge in [-0.05, 0) is 38.8 Å². The number of hydrogen-bond donors (Lipinski definition) is 0. The van der Waals surface area contributed by atoms with Gasteiger partial charge < -0.3 is 18.9 Å². The highest BCUT2D eigenvalue weighted by molar-refractivity contribution is 9.10. The van der Waals surface area contributed by atoms with Crippen LogP contribution in [0.15, 0.2) is 38.7 Å². The van der Waals surface area contributed by atoms with E-state index in [0.717, 1.165) is 50.6 Å². The molecule has 0 saturated carbocycles. The molecule has 7 nitrogen and oxygen atoms in total. The lowest BCUT2D eigenvalue weighted by atomic mass is 10.4. The molecule has 0 aliphatic carbocycles. The fraction of sp³-hybridized carbons (Fsp3) is 0.278. The van der Waals surface area contributed by atoms with Gasteiger partial charge in [0.1, 0.15) is 45.6 Å². The summed E-state index contributed by atoms with van der Waals surface area (Å²) in [7, 11) is 0. The van der Waals surface area contributed by atoms with Crippen LogP contribution in [0.1, 0.15) is 4.88 Å². The van der Waals surface area contributed by atoms with Crippen LogP contribution in [0.5, 0.6) is 11.5 Å². The van der Waals surface area contributed by atoms with Crippen molar-refractivity contribution in [3.8, 4) is 22.2 Å². The van der Waals surface area contributed by atoms with Crippen molar-refractivity contribution in [1.29, 1.82) is 0 Å². The number of rotatable bonds is 0. The van der Waals surface area contributed by atoms with Gasteiger partial charge >= 0.3 is 0 Å². The van der Waals surface area contributed by atoms with Gasteiger partial charge in [0, 0.05) is 6.20 Å². The largest absolute Gasteiger partial charge is 0.490 e. The average molecular weight is 479 g/mol. The molecule has 3 aromatic rings. The summed E-state index contributed by atoms with van der Waals surface area (Å²) in [4.78, 5) is 23.7. The molecular weight excluding hydrogens is 464 g/mol. The number of carbonyl (C=O) groups is 1. The molecule has 3 aromatic heterocycles. The second kappa shape index (κ2) is 7.34. The zero-order valence-corrected chi connectivity index (χ0v) is 17.8. The van der Waals surface area contributed by atoms with Crippen LogP contribution in [0.4, 0.5) is 0 Å². The monoisotopic (exact) mass is 478 g/mol. The van der Waals surface area contributed by atoms with Gasteiger partial charge in [0.05, 0.1) is 13.1 Å². The second-order valence-electron chi connectivity index (χ2n) is 6.26. The van der Waals surface area contributed by atoms with E-state index in [2.05, 4.69) is 30.5 Å². The maximum Gasteiger partial charge on any atom is 0.267 e. The molecule has 144 valence electrons. The Hall–Kier alpha value is -2.17. The first-order chi connectivity index (χ1) is 13.7. The molecule has 3 aliphatic rings. The summed E-state index contributed by atoms with van der Waals surface area (Å²) in [5.74, 6) is 3.54. The first-order valence-electron chi connectivity index (χ1n) is 8.69. The van der Waals surface area contributed by atoms with Crippen LogP contribution in [0.2, 0.25) is 0 Å². The normalized spacial score (nSPS) is 16.8. The fourth-order valence-electron chi connectivity index (χ4n) is 3.25. The van der Waals surface area contributed by atoms with Crippen LogP contribution in [0.25, 0.3) is 10.7 Å². The standard InChI is InChI=1S/C9H7BrN2OS.C9H8N2O2S/c10-7-5-12-2-3-13-6-1-4-14-8(6)9(12)11-7;12-7-5-11-2-3-13-6-1-4-14-8(6)9(11)10-7/h1,4-5H,2-3H2;1,4H,2-3,5H2. The number of fused-ring (bicyclic) bond motifs is 6. The van der Waals surface area contributed by atoms with E-state index in [9.17, 15) is 4.79 Å². The Kier molecular flexibility index (Phi) is 4.69. The number of amides is 1. The highest BCUT2D eigenvalue weighted by Gasteiger charge is 2.29. The van der Waals surface area contributed by atoms with E-state index in [1.54, 1.807) is 22.7 Å². The van der Waals surface area contributed by atoms with Gasteiger partial charge in [0.25, 0.3) is 5.91 Å². The lowest BCUT2D eigenvalue weighted by Crippen LogP contribution is -2.30. The highest BCUT2D eigenvalue weighted by atomic mass is 79.9. The molecule has 6 rings (SSSR count). The number of nitrogens with zero attached hydrogens (tertiary/aromatic N) is 4. The van der Waals surface area contributed by atoms with Crippen molar-refractivity contribution in [1.82, 2.24) is 14.5 Å². The fourth-order valence-corrected chi connectivity index (χ4v) is 5.35. The average Bonchev–Trinajstić information content (AvgIpc) is 3.42.